The average Bonchev–Trinajstić information content (AvgIpc) is 2.35. The standard InChI is InChI=1S/C16H25N3O3/c1-16(2,3)22-15(20)19-10-8-12(19)11-21-13-7-6-9-17-14(13)18(4)5/h6-7,9,12H,8,10-11H2,1-5H3/t12-/m0/s1. The van der Waals surface area contributed by atoms with Crippen LogP contribution in [0.4, 0.5) is 10.6 Å². The van der Waals surface area contributed by atoms with Crippen LogP contribution in [0.2, 0.25) is 0 Å². The SMILES string of the molecule is CN(C)c1ncccc1OC[C@@H]1CCN1C(=O)OC(C)(C)C. The van der Waals surface area contributed by atoms with Crippen LogP contribution in [0.3, 0.4) is 0 Å². The molecule has 0 radical (unpaired) electrons. The van der Waals surface area contributed by atoms with Gasteiger partial charge < -0.3 is 19.3 Å². The molecule has 6 heteroatoms. The van der Waals surface area contributed by atoms with E-state index in [0.29, 0.717) is 6.61 Å². The monoisotopic (exact) mass is 307 g/mol. The molecule has 1 aromatic heterocycles. The molecule has 1 amide bonds. The third-order valence-corrected chi connectivity index (χ3v) is 3.38. The molecule has 2 rings (SSSR count). The van der Waals surface area contributed by atoms with Gasteiger partial charge in [0.05, 0.1) is 6.04 Å². The van der Waals surface area contributed by atoms with Gasteiger partial charge in [0.15, 0.2) is 11.6 Å². The molecule has 122 valence electrons. The highest BCUT2D eigenvalue weighted by Gasteiger charge is 2.35. The average molecular weight is 307 g/mol. The van der Waals surface area contributed by atoms with Gasteiger partial charge in [0.2, 0.25) is 0 Å². The number of likely N-dealkylation sites (tertiary alicyclic amines) is 1. The van der Waals surface area contributed by atoms with Crippen LogP contribution in [0, 0.1) is 0 Å². The molecule has 6 nitrogen and oxygen atoms in total. The number of hydrogen-bond acceptors (Lipinski definition) is 5. The summed E-state index contributed by atoms with van der Waals surface area (Å²) >= 11 is 0. The van der Waals surface area contributed by atoms with Crippen LogP contribution in [0.5, 0.6) is 5.75 Å². The van der Waals surface area contributed by atoms with E-state index in [1.165, 1.54) is 0 Å². The van der Waals surface area contributed by atoms with Gasteiger partial charge in [-0.2, -0.15) is 0 Å². The minimum absolute atomic E-state index is 0.0602. The quantitative estimate of drug-likeness (QED) is 0.855. The molecule has 1 aromatic rings. The molecule has 0 unspecified atom stereocenters. The van der Waals surface area contributed by atoms with Crippen molar-refractivity contribution in [2.24, 2.45) is 0 Å². The second-order valence-electron chi connectivity index (χ2n) is 6.65. The first-order valence-electron chi connectivity index (χ1n) is 7.52. The number of carbonyl (C=O) groups excluding carboxylic acids is 1. The number of rotatable bonds is 4. The lowest BCUT2D eigenvalue weighted by Gasteiger charge is -2.41. The normalized spacial score (nSPS) is 17.7. The van der Waals surface area contributed by atoms with Gasteiger partial charge in [0.1, 0.15) is 12.2 Å². The number of aromatic nitrogens is 1. The molecule has 1 aliphatic heterocycles. The van der Waals surface area contributed by atoms with Crippen molar-refractivity contribution in [1.29, 1.82) is 0 Å². The Balaban J connectivity index is 1.91. The Morgan fingerprint density at radius 2 is 2.18 bits per heavy atom. The second kappa shape index (κ2) is 6.42. The van der Waals surface area contributed by atoms with E-state index < -0.39 is 5.60 Å². The molecule has 0 saturated carbocycles. The maximum Gasteiger partial charge on any atom is 0.410 e. The number of anilines is 1. The van der Waals surface area contributed by atoms with E-state index in [2.05, 4.69) is 4.98 Å². The van der Waals surface area contributed by atoms with Crippen LogP contribution in [0.1, 0.15) is 27.2 Å². The summed E-state index contributed by atoms with van der Waals surface area (Å²) < 4.78 is 11.3. The van der Waals surface area contributed by atoms with Crippen LogP contribution >= 0.6 is 0 Å². The third-order valence-electron chi connectivity index (χ3n) is 3.38. The third kappa shape index (κ3) is 4.02. The predicted octanol–water partition coefficient (Wildman–Crippen LogP) is 2.54. The van der Waals surface area contributed by atoms with Crippen molar-refractivity contribution in [1.82, 2.24) is 9.88 Å². The molecule has 0 N–H and O–H groups in total. The van der Waals surface area contributed by atoms with E-state index in [1.54, 1.807) is 11.1 Å². The summed E-state index contributed by atoms with van der Waals surface area (Å²) in [5.41, 5.74) is -0.473. The topological polar surface area (TPSA) is 54.9 Å². The molecule has 1 fully saturated rings. The van der Waals surface area contributed by atoms with Crippen LogP contribution < -0.4 is 9.64 Å². The lowest BCUT2D eigenvalue weighted by atomic mass is 10.1. The molecule has 0 aliphatic carbocycles. The molecule has 1 saturated heterocycles. The first-order chi connectivity index (χ1) is 10.3. The summed E-state index contributed by atoms with van der Waals surface area (Å²) in [6.45, 7) is 6.78. The van der Waals surface area contributed by atoms with Crippen molar-refractivity contribution in [3.05, 3.63) is 18.3 Å². The lowest BCUT2D eigenvalue weighted by Crippen LogP contribution is -2.55. The summed E-state index contributed by atoms with van der Waals surface area (Å²) in [4.78, 5) is 20.0. The molecular formula is C16H25N3O3. The van der Waals surface area contributed by atoms with Gasteiger partial charge in [-0.3, -0.25) is 0 Å². The maximum atomic E-state index is 12.1. The Morgan fingerprint density at radius 1 is 1.45 bits per heavy atom. The Morgan fingerprint density at radius 3 is 2.73 bits per heavy atom. The van der Waals surface area contributed by atoms with Crippen LogP contribution in [-0.4, -0.2) is 54.9 Å². The molecule has 2 heterocycles. The van der Waals surface area contributed by atoms with Gasteiger partial charge in [-0.1, -0.05) is 0 Å². The second-order valence-corrected chi connectivity index (χ2v) is 6.65. The number of carbonyl (C=O) groups is 1. The van der Waals surface area contributed by atoms with Gasteiger partial charge in [-0.15, -0.1) is 0 Å². The summed E-state index contributed by atoms with van der Waals surface area (Å²) in [6.07, 6.45) is 2.39. The Kier molecular flexibility index (Phi) is 4.78. The number of hydrogen-bond donors (Lipinski definition) is 0. The zero-order valence-electron chi connectivity index (χ0n) is 14.0. The van der Waals surface area contributed by atoms with Crippen LogP contribution in [0.15, 0.2) is 18.3 Å². The highest BCUT2D eigenvalue weighted by atomic mass is 16.6. The molecular weight excluding hydrogens is 282 g/mol. The molecule has 22 heavy (non-hydrogen) atoms. The minimum atomic E-state index is -0.473. The fourth-order valence-corrected chi connectivity index (χ4v) is 2.19. The number of ether oxygens (including phenoxy) is 2. The van der Waals surface area contributed by atoms with E-state index >= 15 is 0 Å². The summed E-state index contributed by atoms with van der Waals surface area (Å²) in [5.74, 6) is 1.51. The Bertz CT molecular complexity index is 526. The number of pyridine rings is 1. The highest BCUT2D eigenvalue weighted by molar-refractivity contribution is 5.69. The van der Waals surface area contributed by atoms with Gasteiger partial charge in [-0.05, 0) is 39.3 Å². The van der Waals surface area contributed by atoms with E-state index in [4.69, 9.17) is 9.47 Å². The van der Waals surface area contributed by atoms with E-state index in [9.17, 15) is 4.79 Å². The minimum Gasteiger partial charge on any atom is -0.488 e. The summed E-state index contributed by atoms with van der Waals surface area (Å²) in [6, 6.07) is 3.79. The van der Waals surface area contributed by atoms with Crippen LogP contribution in [0.25, 0.3) is 0 Å². The molecule has 0 aromatic carbocycles. The summed E-state index contributed by atoms with van der Waals surface area (Å²) in [7, 11) is 3.84. The van der Waals surface area contributed by atoms with Crippen molar-refractivity contribution in [3.63, 3.8) is 0 Å². The molecule has 1 aliphatic rings. The smallest absolute Gasteiger partial charge is 0.410 e. The fraction of sp³-hybridized carbons (Fsp3) is 0.625. The van der Waals surface area contributed by atoms with E-state index in [1.807, 2.05) is 51.9 Å². The van der Waals surface area contributed by atoms with Gasteiger partial charge in [0.25, 0.3) is 0 Å². The van der Waals surface area contributed by atoms with E-state index in [0.717, 1.165) is 24.5 Å². The van der Waals surface area contributed by atoms with Crippen molar-refractivity contribution < 1.29 is 14.3 Å². The first kappa shape index (κ1) is 16.4. The molecule has 0 bridgehead atoms. The lowest BCUT2D eigenvalue weighted by molar-refractivity contribution is -0.0141. The zero-order chi connectivity index (χ0) is 16.3. The van der Waals surface area contributed by atoms with Gasteiger partial charge in [-0.25, -0.2) is 9.78 Å². The van der Waals surface area contributed by atoms with Crippen molar-refractivity contribution in [2.75, 3.05) is 32.1 Å². The van der Waals surface area contributed by atoms with Crippen molar-refractivity contribution in [3.8, 4) is 5.75 Å². The maximum absolute atomic E-state index is 12.1. The van der Waals surface area contributed by atoms with Gasteiger partial charge >= 0.3 is 6.09 Å². The molecule has 1 atom stereocenters. The summed E-state index contributed by atoms with van der Waals surface area (Å²) in [5, 5.41) is 0. The van der Waals surface area contributed by atoms with Crippen molar-refractivity contribution in [2.45, 2.75) is 38.8 Å². The number of nitrogens with zero attached hydrogens (tertiary/aromatic N) is 3. The molecule has 0 spiro atoms. The van der Waals surface area contributed by atoms with Crippen molar-refractivity contribution >= 4 is 11.9 Å². The number of amides is 1. The van der Waals surface area contributed by atoms with Crippen LogP contribution in [-0.2, 0) is 4.74 Å². The highest BCUT2D eigenvalue weighted by Crippen LogP contribution is 2.26. The predicted molar refractivity (Wildman–Crippen MR) is 85.4 cm³/mol. The largest absolute Gasteiger partial charge is 0.488 e. The van der Waals surface area contributed by atoms with E-state index in [-0.39, 0.29) is 12.1 Å². The first-order valence-corrected chi connectivity index (χ1v) is 7.52. The zero-order valence-corrected chi connectivity index (χ0v) is 14.0. The van der Waals surface area contributed by atoms with Gasteiger partial charge in [0, 0.05) is 26.8 Å². The Hall–Kier alpha value is -1.98. The Labute approximate surface area is 132 Å². The fourth-order valence-electron chi connectivity index (χ4n) is 2.19.